The molecule has 6 heteroatoms. The second-order valence-corrected chi connectivity index (χ2v) is 6.21. The topological polar surface area (TPSA) is 75.7 Å². The van der Waals surface area contributed by atoms with Gasteiger partial charge in [-0.25, -0.2) is 9.97 Å². The maximum Gasteiger partial charge on any atom is 0.125 e. The van der Waals surface area contributed by atoms with Gasteiger partial charge in [-0.1, -0.05) is 36.0 Å². The second kappa shape index (κ2) is 5.83. The van der Waals surface area contributed by atoms with Crippen LogP contribution < -0.4 is 5.73 Å². The number of halogens is 1. The minimum Gasteiger partial charge on any atom is -0.384 e. The van der Waals surface area contributed by atoms with E-state index in [1.807, 2.05) is 42.5 Å². The fraction of sp³-hybridized carbons (Fsp3) is 0. The molecule has 1 heterocycles. The average Bonchev–Trinajstić information content (AvgIpc) is 2.47. The number of amidine groups is 1. The molecule has 0 spiro atoms. The number of nitrogens with one attached hydrogen (secondary N) is 1. The smallest absolute Gasteiger partial charge is 0.125 e. The number of aromatic nitrogens is 2. The van der Waals surface area contributed by atoms with E-state index in [2.05, 4.69) is 25.9 Å². The zero-order valence-electron chi connectivity index (χ0n) is 10.9. The minimum absolute atomic E-state index is 0.0309. The molecule has 0 radical (unpaired) electrons. The first kappa shape index (κ1) is 14.0. The van der Waals surface area contributed by atoms with Crippen molar-refractivity contribution in [3.63, 3.8) is 0 Å². The van der Waals surface area contributed by atoms with Gasteiger partial charge in [-0.15, -0.1) is 0 Å². The highest BCUT2D eigenvalue weighted by molar-refractivity contribution is 9.10. The summed E-state index contributed by atoms with van der Waals surface area (Å²) in [6.45, 7) is 0. The van der Waals surface area contributed by atoms with Crippen molar-refractivity contribution in [2.24, 2.45) is 5.73 Å². The van der Waals surface area contributed by atoms with E-state index in [4.69, 9.17) is 11.1 Å². The van der Waals surface area contributed by atoms with E-state index in [1.165, 1.54) is 11.8 Å². The van der Waals surface area contributed by atoms with Gasteiger partial charge in [0.05, 0.1) is 5.52 Å². The van der Waals surface area contributed by atoms with Crippen molar-refractivity contribution in [1.82, 2.24) is 9.97 Å². The number of fused-ring (bicyclic) bond motifs is 1. The first-order valence-corrected chi connectivity index (χ1v) is 7.78. The van der Waals surface area contributed by atoms with Gasteiger partial charge in [0, 0.05) is 20.3 Å². The Hall–Kier alpha value is -1.92. The number of nitrogen functional groups attached to an aromatic ring is 1. The molecule has 0 saturated carbocycles. The van der Waals surface area contributed by atoms with Crippen molar-refractivity contribution >= 4 is 44.4 Å². The van der Waals surface area contributed by atoms with Crippen molar-refractivity contribution in [3.8, 4) is 0 Å². The highest BCUT2D eigenvalue weighted by Gasteiger charge is 2.13. The Morgan fingerprint density at radius 2 is 1.90 bits per heavy atom. The largest absolute Gasteiger partial charge is 0.384 e. The van der Waals surface area contributed by atoms with Crippen LogP contribution in [0.2, 0.25) is 0 Å². The number of nitrogens with two attached hydrogens (primary N) is 1. The molecule has 3 aromatic rings. The molecule has 0 saturated heterocycles. The van der Waals surface area contributed by atoms with Crippen LogP contribution in [-0.4, -0.2) is 15.8 Å². The van der Waals surface area contributed by atoms with Crippen molar-refractivity contribution in [1.29, 1.82) is 5.41 Å². The molecule has 0 aliphatic carbocycles. The molecule has 0 aliphatic heterocycles. The Balaban J connectivity index is 2.12. The van der Waals surface area contributed by atoms with E-state index in [0.717, 1.165) is 25.3 Å². The molecule has 3 rings (SSSR count). The van der Waals surface area contributed by atoms with Crippen molar-refractivity contribution in [3.05, 3.63) is 58.8 Å². The van der Waals surface area contributed by atoms with E-state index in [0.29, 0.717) is 5.56 Å². The lowest BCUT2D eigenvalue weighted by atomic mass is 10.2. The summed E-state index contributed by atoms with van der Waals surface area (Å²) in [6.07, 6.45) is 1.55. The van der Waals surface area contributed by atoms with Crippen LogP contribution in [0, 0.1) is 5.41 Å². The first-order chi connectivity index (χ1) is 10.2. The van der Waals surface area contributed by atoms with Gasteiger partial charge < -0.3 is 5.73 Å². The molecule has 0 amide bonds. The summed E-state index contributed by atoms with van der Waals surface area (Å²) in [6, 6.07) is 13.6. The van der Waals surface area contributed by atoms with Crippen LogP contribution in [0.4, 0.5) is 0 Å². The highest BCUT2D eigenvalue weighted by atomic mass is 79.9. The molecule has 3 N–H and O–H groups in total. The summed E-state index contributed by atoms with van der Waals surface area (Å²) in [4.78, 5) is 9.51. The van der Waals surface area contributed by atoms with Crippen LogP contribution in [0.25, 0.3) is 10.9 Å². The number of hydrogen-bond donors (Lipinski definition) is 2. The molecule has 0 unspecified atom stereocenters. The van der Waals surface area contributed by atoms with E-state index in [1.54, 1.807) is 6.33 Å². The zero-order valence-corrected chi connectivity index (χ0v) is 13.3. The van der Waals surface area contributed by atoms with Gasteiger partial charge in [-0.3, -0.25) is 5.41 Å². The molecule has 0 aliphatic rings. The van der Waals surface area contributed by atoms with Crippen LogP contribution in [0.5, 0.6) is 0 Å². The Morgan fingerprint density at radius 1 is 1.10 bits per heavy atom. The minimum atomic E-state index is 0.0309. The molecule has 0 bridgehead atoms. The first-order valence-electron chi connectivity index (χ1n) is 6.17. The van der Waals surface area contributed by atoms with Crippen LogP contribution >= 0.6 is 27.7 Å². The maximum absolute atomic E-state index is 7.75. The molecule has 2 aromatic carbocycles. The van der Waals surface area contributed by atoms with Gasteiger partial charge >= 0.3 is 0 Å². The van der Waals surface area contributed by atoms with Gasteiger partial charge in [0.2, 0.25) is 0 Å². The summed E-state index contributed by atoms with van der Waals surface area (Å²) in [5.74, 6) is 0.0309. The third kappa shape index (κ3) is 2.77. The Bertz CT molecular complexity index is 830. The van der Waals surface area contributed by atoms with Crippen LogP contribution in [0.3, 0.4) is 0 Å². The summed E-state index contributed by atoms with van der Waals surface area (Å²) in [5.41, 5.74) is 7.27. The van der Waals surface area contributed by atoms with Crippen LogP contribution in [0.15, 0.2) is 63.2 Å². The van der Waals surface area contributed by atoms with Crippen LogP contribution in [0.1, 0.15) is 5.56 Å². The van der Waals surface area contributed by atoms with Crippen molar-refractivity contribution in [2.75, 3.05) is 0 Å². The van der Waals surface area contributed by atoms with E-state index in [-0.39, 0.29) is 5.84 Å². The lowest BCUT2D eigenvalue weighted by Crippen LogP contribution is -2.13. The quantitative estimate of drug-likeness (QED) is 0.423. The molecule has 1 aromatic heterocycles. The molecule has 4 nitrogen and oxygen atoms in total. The highest BCUT2D eigenvalue weighted by Crippen LogP contribution is 2.35. The van der Waals surface area contributed by atoms with E-state index in [9.17, 15) is 0 Å². The van der Waals surface area contributed by atoms with E-state index < -0.39 is 0 Å². The summed E-state index contributed by atoms with van der Waals surface area (Å²) in [5, 5.41) is 9.58. The number of nitrogens with zero attached hydrogens (tertiary/aromatic N) is 2. The molecule has 104 valence electrons. The van der Waals surface area contributed by atoms with Gasteiger partial charge in [0.15, 0.2) is 0 Å². The fourth-order valence-electron chi connectivity index (χ4n) is 2.02. The number of para-hydroxylation sites is 1. The predicted octanol–water partition coefficient (Wildman–Crippen LogP) is 3.83. The lowest BCUT2D eigenvalue weighted by Gasteiger charge is -2.10. The monoisotopic (exact) mass is 358 g/mol. The second-order valence-electron chi connectivity index (χ2n) is 4.32. The number of rotatable bonds is 3. The molecular weight excluding hydrogens is 348 g/mol. The van der Waals surface area contributed by atoms with Crippen molar-refractivity contribution < 1.29 is 0 Å². The number of benzene rings is 2. The molecule has 21 heavy (non-hydrogen) atoms. The lowest BCUT2D eigenvalue weighted by molar-refractivity contribution is 1.10. The standard InChI is InChI=1S/C15H11BrN4S/c16-10-5-3-7-12(13(10)14(17)18)21-15-9-4-1-2-6-11(9)19-8-20-15/h1-8H,(H3,17,18). The Morgan fingerprint density at radius 3 is 2.71 bits per heavy atom. The third-order valence-electron chi connectivity index (χ3n) is 2.96. The van der Waals surface area contributed by atoms with Gasteiger partial charge in [-0.05, 0) is 34.1 Å². The summed E-state index contributed by atoms with van der Waals surface area (Å²) < 4.78 is 0.804. The summed E-state index contributed by atoms with van der Waals surface area (Å²) >= 11 is 4.93. The average molecular weight is 359 g/mol. The van der Waals surface area contributed by atoms with Crippen LogP contribution in [-0.2, 0) is 0 Å². The molecule has 0 atom stereocenters. The zero-order chi connectivity index (χ0) is 14.8. The third-order valence-corrected chi connectivity index (χ3v) is 4.70. The fourth-order valence-corrected chi connectivity index (χ4v) is 3.79. The SMILES string of the molecule is N=C(N)c1c(Br)cccc1Sc1ncnc2ccccc12. The molecular formula is C15H11BrN4S. The number of hydrogen-bond acceptors (Lipinski definition) is 4. The Kier molecular flexibility index (Phi) is 3.90. The maximum atomic E-state index is 7.75. The molecule has 0 fully saturated rings. The van der Waals surface area contributed by atoms with E-state index >= 15 is 0 Å². The van der Waals surface area contributed by atoms with Gasteiger partial charge in [-0.2, -0.15) is 0 Å². The Labute approximate surface area is 134 Å². The van der Waals surface area contributed by atoms with Gasteiger partial charge in [0.25, 0.3) is 0 Å². The van der Waals surface area contributed by atoms with Gasteiger partial charge in [0.1, 0.15) is 17.2 Å². The normalized spacial score (nSPS) is 10.7. The van der Waals surface area contributed by atoms with Crippen molar-refractivity contribution in [2.45, 2.75) is 9.92 Å². The predicted molar refractivity (Wildman–Crippen MR) is 88.8 cm³/mol. The summed E-state index contributed by atoms with van der Waals surface area (Å²) in [7, 11) is 0.